The molecule has 9 nitrogen and oxygen atoms in total. The Morgan fingerprint density at radius 2 is 1.64 bits per heavy atom. The number of esters is 1. The fourth-order valence-corrected chi connectivity index (χ4v) is 5.34. The molecule has 1 fully saturated rings. The van der Waals surface area contributed by atoms with E-state index in [4.69, 9.17) is 86.4 Å². The van der Waals surface area contributed by atoms with Crippen LogP contribution in [0.1, 0.15) is 29.8 Å². The molecule has 0 saturated carbocycles. The van der Waals surface area contributed by atoms with Gasteiger partial charge in [0.15, 0.2) is 17.6 Å². The Balaban J connectivity index is 1.94. The molecule has 0 aromatic heterocycles. The number of alkyl halides is 3. The Morgan fingerprint density at radius 3 is 2.18 bits per heavy atom. The standard InChI is InChI=1S/C30H32Cl5NO8/c1-6-14-40-24-19(18(8-3)20(31)25(21(24)32)41-15-7-2)27(38)43-23-16(4)42-28(26(39-5)22(23)37)44-29(30(33,34)35)36-17-12-10-9-11-13-17/h6-7,9-13,16,22-23,26,28,37H,1-2,8,14-15H2,3-5H3/t16-,22+,23-,26+,28?/m1/s1. The van der Waals surface area contributed by atoms with Crippen LogP contribution in [-0.2, 0) is 25.4 Å². The minimum Gasteiger partial charge on any atom is -0.487 e. The lowest BCUT2D eigenvalue weighted by atomic mass is 9.98. The zero-order chi connectivity index (χ0) is 32.6. The van der Waals surface area contributed by atoms with Gasteiger partial charge in [0.05, 0.1) is 16.8 Å². The fourth-order valence-electron chi connectivity index (χ4n) is 4.36. The molecular formula is C30H32Cl5NO8. The monoisotopic (exact) mass is 709 g/mol. The second-order valence-corrected chi connectivity index (χ2v) is 12.4. The number of carbonyl (C=O) groups is 1. The zero-order valence-corrected chi connectivity index (χ0v) is 27.9. The van der Waals surface area contributed by atoms with E-state index < -0.39 is 40.5 Å². The van der Waals surface area contributed by atoms with Crippen molar-refractivity contribution in [3.63, 3.8) is 0 Å². The van der Waals surface area contributed by atoms with Crippen LogP contribution in [0.25, 0.3) is 0 Å². The van der Waals surface area contributed by atoms with E-state index in [1.165, 1.54) is 19.3 Å². The topological polar surface area (TPSA) is 105 Å². The maximum absolute atomic E-state index is 13.8. The average molecular weight is 712 g/mol. The maximum Gasteiger partial charge on any atom is 0.342 e. The smallest absolute Gasteiger partial charge is 0.342 e. The van der Waals surface area contributed by atoms with Gasteiger partial charge in [-0.15, -0.1) is 0 Å². The summed E-state index contributed by atoms with van der Waals surface area (Å²) in [4.78, 5) is 18.1. The Morgan fingerprint density at radius 1 is 1.02 bits per heavy atom. The second-order valence-electron chi connectivity index (χ2n) is 9.33. The van der Waals surface area contributed by atoms with Crippen LogP contribution in [0.4, 0.5) is 5.69 Å². The molecule has 1 unspecified atom stereocenters. The summed E-state index contributed by atoms with van der Waals surface area (Å²) in [5.41, 5.74) is 0.751. The SMILES string of the molecule is C=CCOc1c(Cl)c(CC)c(C(=O)O[C@H]2[C@H](O)[C@H](OC)C(OC(=Nc3ccccc3)C(Cl)(Cl)Cl)O[C@@H]2C)c(OCC=C)c1Cl. The van der Waals surface area contributed by atoms with Gasteiger partial charge in [0, 0.05) is 7.11 Å². The molecule has 1 aliphatic rings. The number of aliphatic hydroxyl groups is 1. The summed E-state index contributed by atoms with van der Waals surface area (Å²) < 4.78 is 32.4. The molecule has 1 aliphatic heterocycles. The molecule has 14 heteroatoms. The third kappa shape index (κ3) is 8.53. The average Bonchev–Trinajstić information content (AvgIpc) is 2.98. The highest BCUT2D eigenvalue weighted by molar-refractivity contribution is 6.76. The molecule has 3 rings (SSSR count). The number of halogens is 5. The first-order valence-corrected chi connectivity index (χ1v) is 15.2. The molecule has 0 amide bonds. The molecule has 0 radical (unpaired) electrons. The van der Waals surface area contributed by atoms with Gasteiger partial charge in [0.25, 0.3) is 3.79 Å². The van der Waals surface area contributed by atoms with Gasteiger partial charge in [0.1, 0.15) is 36.0 Å². The number of aliphatic imine (C=N–C) groups is 1. The number of hydrogen-bond donors (Lipinski definition) is 1. The number of benzene rings is 2. The normalized spacial score (nSPS) is 22.2. The molecule has 2 aromatic carbocycles. The molecule has 5 atom stereocenters. The molecule has 2 aromatic rings. The van der Waals surface area contributed by atoms with Gasteiger partial charge in [-0.05, 0) is 31.0 Å². The molecule has 1 saturated heterocycles. The fraction of sp³-hybridized carbons (Fsp3) is 0.400. The number of para-hydroxylation sites is 1. The highest BCUT2D eigenvalue weighted by atomic mass is 35.6. The number of aliphatic hydroxyl groups excluding tert-OH is 1. The summed E-state index contributed by atoms with van der Waals surface area (Å²) >= 11 is 31.6. The van der Waals surface area contributed by atoms with Crippen LogP contribution >= 0.6 is 58.0 Å². The van der Waals surface area contributed by atoms with Crippen molar-refractivity contribution in [2.24, 2.45) is 4.99 Å². The lowest BCUT2D eigenvalue weighted by Crippen LogP contribution is -2.60. The Bertz CT molecular complexity index is 1350. The molecule has 240 valence electrons. The van der Waals surface area contributed by atoms with Gasteiger partial charge < -0.3 is 33.5 Å². The van der Waals surface area contributed by atoms with Gasteiger partial charge in [-0.25, -0.2) is 9.79 Å². The van der Waals surface area contributed by atoms with Gasteiger partial charge in [-0.3, -0.25) is 0 Å². The number of nitrogens with zero attached hydrogens (tertiary/aromatic N) is 1. The van der Waals surface area contributed by atoms with Crippen LogP contribution in [-0.4, -0.2) is 71.8 Å². The Kier molecular flexibility index (Phi) is 13.5. The molecule has 44 heavy (non-hydrogen) atoms. The van der Waals surface area contributed by atoms with E-state index in [9.17, 15) is 9.90 Å². The summed E-state index contributed by atoms with van der Waals surface area (Å²) in [5.74, 6) is -1.11. The van der Waals surface area contributed by atoms with Crippen molar-refractivity contribution in [2.45, 2.75) is 54.8 Å². The first-order chi connectivity index (χ1) is 20.9. The van der Waals surface area contributed by atoms with Gasteiger partial charge >= 0.3 is 5.97 Å². The number of carbonyl (C=O) groups excluding carboxylic acids is 1. The predicted octanol–water partition coefficient (Wildman–Crippen LogP) is 7.45. The molecule has 1 N–H and O–H groups in total. The van der Waals surface area contributed by atoms with Crippen LogP contribution in [0.5, 0.6) is 11.5 Å². The number of ether oxygens (including phenoxy) is 6. The third-order valence-corrected chi connectivity index (χ3v) is 7.59. The van der Waals surface area contributed by atoms with Crippen LogP contribution < -0.4 is 9.47 Å². The summed E-state index contributed by atoms with van der Waals surface area (Å²) in [6.07, 6.45) is -2.89. The van der Waals surface area contributed by atoms with Gasteiger partial charge in [0.2, 0.25) is 12.2 Å². The van der Waals surface area contributed by atoms with Crippen LogP contribution in [0.3, 0.4) is 0 Å². The van der Waals surface area contributed by atoms with Crippen molar-refractivity contribution in [1.82, 2.24) is 0 Å². The van der Waals surface area contributed by atoms with E-state index in [2.05, 4.69) is 18.2 Å². The molecule has 0 aliphatic carbocycles. The summed E-state index contributed by atoms with van der Waals surface area (Å²) in [6, 6.07) is 8.64. The molecule has 1 heterocycles. The predicted molar refractivity (Wildman–Crippen MR) is 172 cm³/mol. The van der Waals surface area contributed by atoms with Crippen LogP contribution in [0.2, 0.25) is 10.0 Å². The number of methoxy groups -OCH3 is 1. The van der Waals surface area contributed by atoms with E-state index in [0.29, 0.717) is 11.3 Å². The highest BCUT2D eigenvalue weighted by Crippen LogP contribution is 2.46. The highest BCUT2D eigenvalue weighted by Gasteiger charge is 2.49. The molecule has 0 spiro atoms. The van der Waals surface area contributed by atoms with Crippen molar-refractivity contribution in [3.8, 4) is 11.5 Å². The van der Waals surface area contributed by atoms with Crippen molar-refractivity contribution < 1.29 is 38.3 Å². The lowest BCUT2D eigenvalue weighted by molar-refractivity contribution is -0.277. The third-order valence-electron chi connectivity index (χ3n) is 6.37. The quantitative estimate of drug-likeness (QED) is 0.0797. The number of rotatable bonds is 12. The van der Waals surface area contributed by atoms with E-state index in [1.54, 1.807) is 44.2 Å². The van der Waals surface area contributed by atoms with Gasteiger partial charge in [-0.2, -0.15) is 0 Å². The minimum absolute atomic E-state index is 0.0120. The van der Waals surface area contributed by atoms with Crippen molar-refractivity contribution in [2.75, 3.05) is 20.3 Å². The maximum atomic E-state index is 13.8. The van der Waals surface area contributed by atoms with E-state index in [-0.39, 0.29) is 52.6 Å². The Hall–Kier alpha value is -2.21. The molecule has 0 bridgehead atoms. The number of hydrogen-bond acceptors (Lipinski definition) is 9. The largest absolute Gasteiger partial charge is 0.487 e. The summed E-state index contributed by atoms with van der Waals surface area (Å²) in [5, 5.41) is 11.4. The lowest BCUT2D eigenvalue weighted by Gasteiger charge is -2.42. The van der Waals surface area contributed by atoms with E-state index in [1.807, 2.05) is 0 Å². The second kappa shape index (κ2) is 16.4. The summed E-state index contributed by atoms with van der Waals surface area (Å²) in [6.45, 7) is 10.7. The van der Waals surface area contributed by atoms with E-state index in [0.717, 1.165) is 0 Å². The van der Waals surface area contributed by atoms with Gasteiger partial charge in [-0.1, -0.05) is 108 Å². The first kappa shape index (κ1) is 36.3. The van der Waals surface area contributed by atoms with Crippen molar-refractivity contribution in [1.29, 1.82) is 0 Å². The minimum atomic E-state index is -2.09. The van der Waals surface area contributed by atoms with Crippen molar-refractivity contribution in [3.05, 3.63) is 76.8 Å². The van der Waals surface area contributed by atoms with Crippen LogP contribution in [0, 0.1) is 0 Å². The van der Waals surface area contributed by atoms with E-state index >= 15 is 0 Å². The molecular weight excluding hydrogens is 680 g/mol. The first-order valence-electron chi connectivity index (χ1n) is 13.4. The zero-order valence-electron chi connectivity index (χ0n) is 24.1. The van der Waals surface area contributed by atoms with Crippen molar-refractivity contribution >= 4 is 75.6 Å². The Labute approximate surface area is 281 Å². The summed E-state index contributed by atoms with van der Waals surface area (Å²) in [7, 11) is 1.31. The van der Waals surface area contributed by atoms with Crippen LogP contribution in [0.15, 0.2) is 60.6 Å².